The van der Waals surface area contributed by atoms with E-state index in [0.717, 1.165) is 11.1 Å². The largest absolute Gasteiger partial charge is 0.503 e. The van der Waals surface area contributed by atoms with E-state index in [-0.39, 0.29) is 12.1 Å². The van der Waals surface area contributed by atoms with E-state index >= 15 is 0 Å². The molecule has 180 valence electrons. The molecule has 0 aliphatic carbocycles. The second-order valence-electron chi connectivity index (χ2n) is 8.29. The van der Waals surface area contributed by atoms with Crippen LogP contribution in [0.15, 0.2) is 90.3 Å². The number of hydrogen-bond donors (Lipinski definition) is 1. The van der Waals surface area contributed by atoms with Crippen LogP contribution in [0.25, 0.3) is 10.6 Å². The summed E-state index contributed by atoms with van der Waals surface area (Å²) in [5.41, 5.74) is 2.67. The Hall–Kier alpha value is -4.30. The Bertz CT molecular complexity index is 1460. The van der Waals surface area contributed by atoms with Gasteiger partial charge in [-0.1, -0.05) is 54.6 Å². The van der Waals surface area contributed by atoms with Gasteiger partial charge in [-0.05, 0) is 25.1 Å². The third kappa shape index (κ3) is 4.16. The number of Topliss-reactive ketones (excluding diaryl/α,β-unsaturated/α-hetero) is 1. The van der Waals surface area contributed by atoms with Crippen molar-refractivity contribution in [3.8, 4) is 16.3 Å². The molecule has 8 heteroatoms. The highest BCUT2D eigenvalue weighted by Crippen LogP contribution is 2.41. The number of ether oxygens (including phenoxy) is 1. The van der Waals surface area contributed by atoms with E-state index in [1.807, 2.05) is 48.5 Å². The van der Waals surface area contributed by atoms with E-state index in [1.165, 1.54) is 16.2 Å². The zero-order valence-electron chi connectivity index (χ0n) is 19.7. The molecule has 36 heavy (non-hydrogen) atoms. The number of methoxy groups -OCH3 is 1. The molecule has 0 radical (unpaired) electrons. The molecule has 1 unspecified atom stereocenters. The number of carbonyl (C=O) groups excluding carboxylic acids is 2. The van der Waals surface area contributed by atoms with Crippen LogP contribution in [0.1, 0.15) is 32.7 Å². The molecule has 0 bridgehead atoms. The summed E-state index contributed by atoms with van der Waals surface area (Å²) in [5.74, 6) is -1.03. The molecular weight excluding hydrogens is 474 g/mol. The number of amides is 1. The highest BCUT2D eigenvalue weighted by atomic mass is 32.1. The third-order valence-electron chi connectivity index (χ3n) is 6.07. The van der Waals surface area contributed by atoms with Crippen molar-refractivity contribution >= 4 is 23.0 Å². The fraction of sp³-hybridized carbons (Fsp3) is 0.143. The average molecular weight is 498 g/mol. The van der Waals surface area contributed by atoms with Gasteiger partial charge >= 0.3 is 0 Å². The van der Waals surface area contributed by atoms with Crippen LogP contribution in [-0.4, -0.2) is 38.8 Å². The lowest BCUT2D eigenvalue weighted by Crippen LogP contribution is -2.31. The molecule has 1 aliphatic heterocycles. The maximum Gasteiger partial charge on any atom is 0.290 e. The fourth-order valence-electron chi connectivity index (χ4n) is 4.34. The standard InChI is InChI=1S/C28H23N3O4S/c1-17-26(36-27(30-17)18-10-4-3-5-11-18)24(32)22-23(20-13-8-9-15-29-20)31(28(34)25(22)33)16-19-12-6-7-14-21(19)35-2/h3-15,23,33H,16H2,1-2H3. The van der Waals surface area contributed by atoms with Crippen molar-refractivity contribution in [2.45, 2.75) is 19.5 Å². The number of aromatic nitrogens is 2. The minimum absolute atomic E-state index is 0.0000374. The number of rotatable bonds is 7. The second-order valence-corrected chi connectivity index (χ2v) is 9.29. The summed E-state index contributed by atoms with van der Waals surface area (Å²) in [5, 5.41) is 11.7. The van der Waals surface area contributed by atoms with Gasteiger partial charge in [0.25, 0.3) is 5.91 Å². The van der Waals surface area contributed by atoms with Gasteiger partial charge in [0.15, 0.2) is 5.76 Å². The van der Waals surface area contributed by atoms with Gasteiger partial charge in [-0.2, -0.15) is 0 Å². The van der Waals surface area contributed by atoms with E-state index in [2.05, 4.69) is 9.97 Å². The first-order chi connectivity index (χ1) is 17.5. The van der Waals surface area contributed by atoms with Gasteiger partial charge in [-0.3, -0.25) is 14.6 Å². The summed E-state index contributed by atoms with van der Waals surface area (Å²) in [6, 6.07) is 21.3. The lowest BCUT2D eigenvalue weighted by molar-refractivity contribution is -0.130. The van der Waals surface area contributed by atoms with Crippen LogP contribution in [0.2, 0.25) is 0 Å². The van der Waals surface area contributed by atoms with Crippen molar-refractivity contribution in [1.82, 2.24) is 14.9 Å². The number of benzene rings is 2. The Morgan fingerprint density at radius 3 is 2.50 bits per heavy atom. The van der Waals surface area contributed by atoms with Gasteiger partial charge in [-0.25, -0.2) is 4.98 Å². The van der Waals surface area contributed by atoms with E-state index in [0.29, 0.717) is 27.0 Å². The number of hydrogen-bond acceptors (Lipinski definition) is 7. The van der Waals surface area contributed by atoms with Crippen molar-refractivity contribution in [1.29, 1.82) is 0 Å². The first kappa shape index (κ1) is 23.4. The van der Waals surface area contributed by atoms with Crippen LogP contribution >= 0.6 is 11.3 Å². The first-order valence-corrected chi connectivity index (χ1v) is 12.2. The zero-order chi connectivity index (χ0) is 25.2. The van der Waals surface area contributed by atoms with Crippen LogP contribution in [0.5, 0.6) is 5.75 Å². The maximum absolute atomic E-state index is 13.9. The molecule has 5 rings (SSSR count). The summed E-state index contributed by atoms with van der Waals surface area (Å²) in [6.07, 6.45) is 1.60. The number of para-hydroxylation sites is 1. The molecule has 0 spiro atoms. The van der Waals surface area contributed by atoms with Gasteiger partial charge in [0.05, 0.1) is 35.5 Å². The number of thiazole rings is 1. The van der Waals surface area contributed by atoms with Crippen LogP contribution < -0.4 is 4.74 Å². The van der Waals surface area contributed by atoms with Gasteiger partial charge in [0.1, 0.15) is 16.8 Å². The van der Waals surface area contributed by atoms with E-state index in [1.54, 1.807) is 44.5 Å². The minimum atomic E-state index is -0.863. The molecule has 1 N–H and O–H groups in total. The monoisotopic (exact) mass is 497 g/mol. The van der Waals surface area contributed by atoms with E-state index in [9.17, 15) is 14.7 Å². The average Bonchev–Trinajstić information content (AvgIpc) is 3.42. The predicted octanol–water partition coefficient (Wildman–Crippen LogP) is 5.30. The quantitative estimate of drug-likeness (QED) is 0.348. The van der Waals surface area contributed by atoms with Crippen LogP contribution in [-0.2, 0) is 11.3 Å². The van der Waals surface area contributed by atoms with Crippen molar-refractivity contribution in [2.24, 2.45) is 0 Å². The highest BCUT2D eigenvalue weighted by molar-refractivity contribution is 7.17. The third-order valence-corrected chi connectivity index (χ3v) is 7.28. The van der Waals surface area contributed by atoms with Crippen molar-refractivity contribution in [3.05, 3.63) is 112 Å². The Morgan fingerprint density at radius 2 is 1.78 bits per heavy atom. The molecule has 7 nitrogen and oxygen atoms in total. The van der Waals surface area contributed by atoms with Gasteiger partial charge in [0, 0.05) is 17.3 Å². The Balaban J connectivity index is 1.58. The van der Waals surface area contributed by atoms with Crippen LogP contribution in [0, 0.1) is 6.92 Å². The maximum atomic E-state index is 13.9. The topological polar surface area (TPSA) is 92.6 Å². The fourth-order valence-corrected chi connectivity index (χ4v) is 5.37. The number of nitrogens with zero attached hydrogens (tertiary/aromatic N) is 3. The normalized spacial score (nSPS) is 15.4. The Morgan fingerprint density at radius 1 is 1.06 bits per heavy atom. The molecule has 3 heterocycles. The Kier molecular flexibility index (Phi) is 6.35. The number of aryl methyl sites for hydroxylation is 1. The van der Waals surface area contributed by atoms with Gasteiger partial charge in [-0.15, -0.1) is 11.3 Å². The zero-order valence-corrected chi connectivity index (χ0v) is 20.5. The molecular formula is C28H23N3O4S. The molecule has 1 atom stereocenters. The van der Waals surface area contributed by atoms with E-state index < -0.39 is 23.5 Å². The molecule has 0 fully saturated rings. The van der Waals surface area contributed by atoms with Crippen LogP contribution in [0.4, 0.5) is 0 Å². The summed E-state index contributed by atoms with van der Waals surface area (Å²) < 4.78 is 5.46. The SMILES string of the molecule is COc1ccccc1CN1C(=O)C(O)=C(C(=O)c2sc(-c3ccccc3)nc2C)C1c1ccccn1. The lowest BCUT2D eigenvalue weighted by Gasteiger charge is -2.26. The summed E-state index contributed by atoms with van der Waals surface area (Å²) in [6.45, 7) is 1.88. The van der Waals surface area contributed by atoms with Crippen molar-refractivity contribution < 1.29 is 19.4 Å². The number of pyridine rings is 1. The number of aliphatic hydroxyl groups is 1. The molecule has 0 saturated heterocycles. The second kappa shape index (κ2) is 9.75. The highest BCUT2D eigenvalue weighted by Gasteiger charge is 2.45. The molecule has 1 aliphatic rings. The summed E-state index contributed by atoms with van der Waals surface area (Å²) in [7, 11) is 1.56. The van der Waals surface area contributed by atoms with Gasteiger partial charge in [0.2, 0.25) is 5.78 Å². The van der Waals surface area contributed by atoms with E-state index in [4.69, 9.17) is 4.74 Å². The van der Waals surface area contributed by atoms with Crippen molar-refractivity contribution in [2.75, 3.05) is 7.11 Å². The lowest BCUT2D eigenvalue weighted by atomic mass is 9.98. The smallest absolute Gasteiger partial charge is 0.290 e. The number of carbonyl (C=O) groups is 2. The Labute approximate surface area is 212 Å². The summed E-state index contributed by atoms with van der Waals surface area (Å²) >= 11 is 1.24. The number of aliphatic hydroxyl groups excluding tert-OH is 1. The van der Waals surface area contributed by atoms with Crippen molar-refractivity contribution in [3.63, 3.8) is 0 Å². The molecule has 1 amide bonds. The first-order valence-electron chi connectivity index (χ1n) is 11.3. The predicted molar refractivity (Wildman–Crippen MR) is 137 cm³/mol. The van der Waals surface area contributed by atoms with Crippen LogP contribution in [0.3, 0.4) is 0 Å². The molecule has 2 aromatic carbocycles. The van der Waals surface area contributed by atoms with Gasteiger partial charge < -0.3 is 14.7 Å². The molecule has 4 aromatic rings. The summed E-state index contributed by atoms with van der Waals surface area (Å²) in [4.78, 5) is 38.1. The number of ketones is 1. The minimum Gasteiger partial charge on any atom is -0.503 e. The molecule has 2 aromatic heterocycles. The molecule has 0 saturated carbocycles.